The van der Waals surface area contributed by atoms with Crippen LogP contribution >= 0.6 is 0 Å². The van der Waals surface area contributed by atoms with Crippen molar-refractivity contribution in [3.8, 4) is 0 Å². The zero-order chi connectivity index (χ0) is 9.94. The van der Waals surface area contributed by atoms with E-state index in [4.69, 9.17) is 12.4 Å². The Morgan fingerprint density at radius 3 is 2.46 bits per heavy atom. The van der Waals surface area contributed by atoms with Crippen molar-refractivity contribution in [3.05, 3.63) is 0 Å². The highest BCUT2D eigenvalue weighted by Gasteiger charge is 2.06. The van der Waals surface area contributed by atoms with Gasteiger partial charge in [-0.1, -0.05) is 39.5 Å². The molecule has 0 N–H and O–H groups in total. The standard InChI is InChI=1S/C10H21B2O/c1-3-5-6-8-10(7-4-2)9-13-12-11/h10H,3-9H2,1-2H3. The first-order valence-corrected chi connectivity index (χ1v) is 5.50. The number of hydrogen-bond donors (Lipinski definition) is 0. The molecule has 0 aromatic rings. The molecule has 0 amide bonds. The molecule has 0 heterocycles. The molecule has 0 fully saturated rings. The minimum Gasteiger partial charge on any atom is -0.452 e. The van der Waals surface area contributed by atoms with Crippen LogP contribution in [0.25, 0.3) is 0 Å². The van der Waals surface area contributed by atoms with Gasteiger partial charge in [-0.2, -0.15) is 0 Å². The van der Waals surface area contributed by atoms with Gasteiger partial charge in [-0.3, -0.25) is 0 Å². The van der Waals surface area contributed by atoms with Crippen molar-refractivity contribution in [2.24, 2.45) is 5.92 Å². The Hall–Kier alpha value is 0.0899. The Morgan fingerprint density at radius 1 is 1.15 bits per heavy atom. The number of unbranched alkanes of at least 4 members (excludes halogenated alkanes) is 2. The van der Waals surface area contributed by atoms with Crippen LogP contribution < -0.4 is 0 Å². The van der Waals surface area contributed by atoms with Gasteiger partial charge < -0.3 is 4.65 Å². The first-order chi connectivity index (χ1) is 6.35. The molecule has 13 heavy (non-hydrogen) atoms. The molecule has 73 valence electrons. The van der Waals surface area contributed by atoms with Crippen molar-refractivity contribution in [2.75, 3.05) is 6.61 Å². The first kappa shape index (κ1) is 13.1. The highest BCUT2D eigenvalue weighted by atomic mass is 16.4. The quantitative estimate of drug-likeness (QED) is 0.390. The van der Waals surface area contributed by atoms with Gasteiger partial charge in [0.15, 0.2) is 0 Å². The molecular formula is C10H21B2O. The topological polar surface area (TPSA) is 9.23 Å². The van der Waals surface area contributed by atoms with E-state index in [0.29, 0.717) is 5.92 Å². The Morgan fingerprint density at radius 2 is 1.92 bits per heavy atom. The van der Waals surface area contributed by atoms with Crippen LogP contribution in [-0.4, -0.2) is 21.7 Å². The van der Waals surface area contributed by atoms with E-state index in [2.05, 4.69) is 13.8 Å². The smallest absolute Gasteiger partial charge is 0.230 e. The third-order valence-electron chi connectivity index (χ3n) is 2.34. The Balaban J connectivity index is 3.41. The fraction of sp³-hybridized carbons (Fsp3) is 1.00. The molecule has 0 aliphatic rings. The normalized spacial score (nSPS) is 12.8. The summed E-state index contributed by atoms with van der Waals surface area (Å²) in [6.07, 6.45) is 7.75. The van der Waals surface area contributed by atoms with Crippen molar-refractivity contribution >= 4 is 15.1 Å². The van der Waals surface area contributed by atoms with Crippen LogP contribution in [-0.2, 0) is 4.65 Å². The second-order valence-electron chi connectivity index (χ2n) is 3.62. The molecule has 0 saturated carbocycles. The van der Waals surface area contributed by atoms with Crippen LogP contribution in [0.5, 0.6) is 0 Å². The van der Waals surface area contributed by atoms with Gasteiger partial charge in [0.05, 0.1) is 7.74 Å². The lowest BCUT2D eigenvalue weighted by Crippen LogP contribution is -2.12. The van der Waals surface area contributed by atoms with E-state index in [1.165, 1.54) is 45.9 Å². The SMILES string of the molecule is [B][B]OCC(CCC)CCCCC. The molecular weight excluding hydrogens is 158 g/mol. The molecule has 0 bridgehead atoms. The molecule has 0 spiro atoms. The van der Waals surface area contributed by atoms with Gasteiger partial charge in [0.1, 0.15) is 0 Å². The molecule has 3 heteroatoms. The fourth-order valence-electron chi connectivity index (χ4n) is 1.59. The van der Waals surface area contributed by atoms with E-state index in [1.54, 1.807) is 0 Å². The van der Waals surface area contributed by atoms with Gasteiger partial charge in [-0.15, -0.1) is 0 Å². The van der Waals surface area contributed by atoms with E-state index in [0.717, 1.165) is 6.61 Å². The summed E-state index contributed by atoms with van der Waals surface area (Å²) in [7, 11) is 6.49. The van der Waals surface area contributed by atoms with Gasteiger partial charge in [-0.05, 0) is 18.8 Å². The minimum absolute atomic E-state index is 0.705. The monoisotopic (exact) mass is 179 g/mol. The molecule has 0 aromatic heterocycles. The fourth-order valence-corrected chi connectivity index (χ4v) is 1.59. The van der Waals surface area contributed by atoms with Crippen molar-refractivity contribution < 1.29 is 4.65 Å². The van der Waals surface area contributed by atoms with Crippen LogP contribution in [0, 0.1) is 5.92 Å². The number of rotatable bonds is 9. The summed E-state index contributed by atoms with van der Waals surface area (Å²) >= 11 is 0. The predicted molar refractivity (Wildman–Crippen MR) is 60.0 cm³/mol. The van der Waals surface area contributed by atoms with Crippen molar-refractivity contribution in [2.45, 2.75) is 52.4 Å². The summed E-state index contributed by atoms with van der Waals surface area (Å²) in [4.78, 5) is 0. The predicted octanol–water partition coefficient (Wildman–Crippen LogP) is 2.70. The van der Waals surface area contributed by atoms with Gasteiger partial charge in [0.2, 0.25) is 7.37 Å². The lowest BCUT2D eigenvalue weighted by Gasteiger charge is -2.15. The summed E-state index contributed by atoms with van der Waals surface area (Å²) < 4.78 is 5.13. The zero-order valence-electron chi connectivity index (χ0n) is 9.09. The van der Waals surface area contributed by atoms with E-state index in [1.807, 2.05) is 0 Å². The Labute approximate surface area is 85.3 Å². The summed E-state index contributed by atoms with van der Waals surface area (Å²) in [6, 6.07) is 0. The van der Waals surface area contributed by atoms with Crippen molar-refractivity contribution in [3.63, 3.8) is 0 Å². The summed E-state index contributed by atoms with van der Waals surface area (Å²) in [5.41, 5.74) is 0. The van der Waals surface area contributed by atoms with Gasteiger partial charge >= 0.3 is 0 Å². The van der Waals surface area contributed by atoms with Gasteiger partial charge in [0, 0.05) is 6.61 Å². The molecule has 1 unspecified atom stereocenters. The largest absolute Gasteiger partial charge is 0.452 e. The molecule has 1 nitrogen and oxygen atoms in total. The molecule has 0 rings (SSSR count). The third-order valence-corrected chi connectivity index (χ3v) is 2.34. The van der Waals surface area contributed by atoms with E-state index >= 15 is 0 Å². The minimum atomic E-state index is 0.705. The molecule has 0 aromatic carbocycles. The van der Waals surface area contributed by atoms with E-state index in [-0.39, 0.29) is 0 Å². The molecule has 0 aliphatic heterocycles. The maximum Gasteiger partial charge on any atom is 0.230 e. The first-order valence-electron chi connectivity index (χ1n) is 5.50. The summed E-state index contributed by atoms with van der Waals surface area (Å²) in [5, 5.41) is 0. The average Bonchev–Trinajstić information content (AvgIpc) is 2.14. The second kappa shape index (κ2) is 10.2. The van der Waals surface area contributed by atoms with Crippen LogP contribution in [0.1, 0.15) is 52.4 Å². The average molecular weight is 179 g/mol. The van der Waals surface area contributed by atoms with Crippen molar-refractivity contribution in [1.29, 1.82) is 0 Å². The Bertz CT molecular complexity index is 98.9. The zero-order valence-corrected chi connectivity index (χ0v) is 9.09. The van der Waals surface area contributed by atoms with Crippen LogP contribution in [0.2, 0.25) is 0 Å². The maximum absolute atomic E-state index is 5.18. The Kier molecular flexibility index (Phi) is 10.2. The van der Waals surface area contributed by atoms with Gasteiger partial charge in [0.25, 0.3) is 0 Å². The third kappa shape index (κ3) is 8.42. The lowest BCUT2D eigenvalue weighted by molar-refractivity contribution is 0.241. The van der Waals surface area contributed by atoms with E-state index < -0.39 is 0 Å². The van der Waals surface area contributed by atoms with E-state index in [9.17, 15) is 0 Å². The highest BCUT2D eigenvalue weighted by molar-refractivity contribution is 6.85. The van der Waals surface area contributed by atoms with Gasteiger partial charge in [-0.25, -0.2) is 0 Å². The molecule has 3 radical (unpaired) electrons. The van der Waals surface area contributed by atoms with Crippen LogP contribution in [0.3, 0.4) is 0 Å². The summed E-state index contributed by atoms with van der Waals surface area (Å²) in [5.74, 6) is 0.705. The molecule has 1 atom stereocenters. The lowest BCUT2D eigenvalue weighted by atomic mass is 9.72. The van der Waals surface area contributed by atoms with Crippen LogP contribution in [0.4, 0.5) is 0 Å². The molecule has 0 aliphatic carbocycles. The number of hydrogen-bond acceptors (Lipinski definition) is 1. The highest BCUT2D eigenvalue weighted by Crippen LogP contribution is 2.15. The second-order valence-corrected chi connectivity index (χ2v) is 3.62. The van der Waals surface area contributed by atoms with Crippen LogP contribution in [0.15, 0.2) is 0 Å². The maximum atomic E-state index is 5.18. The summed E-state index contributed by atoms with van der Waals surface area (Å²) in [6.45, 7) is 5.26. The molecule has 0 saturated heterocycles. The van der Waals surface area contributed by atoms with Crippen molar-refractivity contribution in [1.82, 2.24) is 0 Å².